The van der Waals surface area contributed by atoms with Gasteiger partial charge in [-0.2, -0.15) is 8.75 Å². The van der Waals surface area contributed by atoms with E-state index in [4.69, 9.17) is 0 Å². The van der Waals surface area contributed by atoms with E-state index in [9.17, 15) is 9.90 Å². The average molecular weight is 345 g/mol. The number of nitrogens with zero attached hydrogens (tertiary/aromatic N) is 2. The summed E-state index contributed by atoms with van der Waals surface area (Å²) in [4.78, 5) is 13.3. The SMILES string of the molecule is O=C(NC[C@](O)(c1cccs1)C1CC1)c1ccc2nsnc2c1. The summed E-state index contributed by atoms with van der Waals surface area (Å²) in [5.74, 6) is 0.0298. The Labute approximate surface area is 141 Å². The normalized spacial score (nSPS) is 17.1. The van der Waals surface area contributed by atoms with Crippen LogP contribution in [0.3, 0.4) is 0 Å². The van der Waals surface area contributed by atoms with Gasteiger partial charge < -0.3 is 10.4 Å². The van der Waals surface area contributed by atoms with E-state index < -0.39 is 5.60 Å². The van der Waals surface area contributed by atoms with E-state index in [-0.39, 0.29) is 18.4 Å². The molecule has 1 aliphatic rings. The lowest BCUT2D eigenvalue weighted by Gasteiger charge is -2.27. The van der Waals surface area contributed by atoms with Crippen LogP contribution in [-0.2, 0) is 5.60 Å². The molecule has 2 heterocycles. The average Bonchev–Trinajstić information content (AvgIpc) is 3.10. The van der Waals surface area contributed by atoms with Gasteiger partial charge in [-0.15, -0.1) is 11.3 Å². The second kappa shape index (κ2) is 5.67. The van der Waals surface area contributed by atoms with Gasteiger partial charge in [-0.05, 0) is 48.4 Å². The summed E-state index contributed by atoms with van der Waals surface area (Å²) in [7, 11) is 0. The van der Waals surface area contributed by atoms with Crippen molar-refractivity contribution >= 4 is 40.0 Å². The maximum absolute atomic E-state index is 12.4. The number of carbonyl (C=O) groups excluding carboxylic acids is 1. The Kier molecular flexibility index (Phi) is 3.63. The second-order valence-electron chi connectivity index (χ2n) is 5.83. The summed E-state index contributed by atoms with van der Waals surface area (Å²) < 4.78 is 8.28. The minimum atomic E-state index is -0.962. The van der Waals surface area contributed by atoms with Gasteiger partial charge in [0.05, 0.1) is 18.3 Å². The molecular weight excluding hydrogens is 330 g/mol. The van der Waals surface area contributed by atoms with E-state index in [0.717, 1.165) is 40.5 Å². The third kappa shape index (κ3) is 2.75. The summed E-state index contributed by atoms with van der Waals surface area (Å²) in [6.45, 7) is 0.227. The van der Waals surface area contributed by atoms with E-state index in [1.807, 2.05) is 17.5 Å². The Morgan fingerprint density at radius 2 is 2.13 bits per heavy atom. The summed E-state index contributed by atoms with van der Waals surface area (Å²) in [5.41, 5.74) is 1.09. The lowest BCUT2D eigenvalue weighted by molar-refractivity contribution is 0.0169. The van der Waals surface area contributed by atoms with E-state index in [0.29, 0.717) is 5.56 Å². The number of hydrogen-bond acceptors (Lipinski definition) is 6. The fraction of sp³-hybridized carbons (Fsp3) is 0.312. The van der Waals surface area contributed by atoms with Gasteiger partial charge in [0.2, 0.25) is 0 Å². The molecule has 1 aromatic carbocycles. The molecule has 0 radical (unpaired) electrons. The predicted octanol–water partition coefficient (Wildman–Crippen LogP) is 2.78. The van der Waals surface area contributed by atoms with Crippen LogP contribution in [0.2, 0.25) is 0 Å². The van der Waals surface area contributed by atoms with Gasteiger partial charge in [0.25, 0.3) is 5.91 Å². The molecule has 23 heavy (non-hydrogen) atoms. The van der Waals surface area contributed by atoms with Crippen LogP contribution in [0.1, 0.15) is 28.1 Å². The second-order valence-corrected chi connectivity index (χ2v) is 7.30. The van der Waals surface area contributed by atoms with Crippen LogP contribution in [0, 0.1) is 5.92 Å². The zero-order chi connectivity index (χ0) is 15.9. The summed E-state index contributed by atoms with van der Waals surface area (Å²) in [6.07, 6.45) is 2.00. The molecule has 2 N–H and O–H groups in total. The fourth-order valence-electron chi connectivity index (χ4n) is 2.76. The maximum atomic E-state index is 12.4. The topological polar surface area (TPSA) is 75.1 Å². The van der Waals surface area contributed by atoms with Crippen LogP contribution in [0.5, 0.6) is 0 Å². The fourth-order valence-corrected chi connectivity index (χ4v) is 4.18. The van der Waals surface area contributed by atoms with Crippen LogP contribution in [-0.4, -0.2) is 26.3 Å². The van der Waals surface area contributed by atoms with Crippen molar-refractivity contribution in [2.45, 2.75) is 18.4 Å². The number of hydrogen-bond donors (Lipinski definition) is 2. The van der Waals surface area contributed by atoms with Gasteiger partial charge in [-0.3, -0.25) is 4.79 Å². The molecule has 0 spiro atoms. The lowest BCUT2D eigenvalue weighted by atomic mass is 9.95. The van der Waals surface area contributed by atoms with Crippen LogP contribution in [0.25, 0.3) is 11.0 Å². The molecule has 0 bridgehead atoms. The number of amides is 1. The van der Waals surface area contributed by atoms with Gasteiger partial charge in [0, 0.05) is 10.4 Å². The molecule has 2 aromatic heterocycles. The van der Waals surface area contributed by atoms with Crippen molar-refractivity contribution in [1.29, 1.82) is 0 Å². The van der Waals surface area contributed by atoms with E-state index in [1.165, 1.54) is 11.3 Å². The molecule has 3 aromatic rings. The highest BCUT2D eigenvalue weighted by molar-refractivity contribution is 7.10. The molecule has 1 amide bonds. The van der Waals surface area contributed by atoms with Crippen molar-refractivity contribution in [3.05, 3.63) is 46.2 Å². The van der Waals surface area contributed by atoms with Gasteiger partial charge in [0.1, 0.15) is 16.6 Å². The lowest BCUT2D eigenvalue weighted by Crippen LogP contribution is -2.42. The molecule has 1 fully saturated rings. The molecule has 4 rings (SSSR count). The first-order chi connectivity index (χ1) is 11.2. The first-order valence-electron chi connectivity index (χ1n) is 7.44. The van der Waals surface area contributed by atoms with Crippen molar-refractivity contribution in [3.8, 4) is 0 Å². The largest absolute Gasteiger partial charge is 0.382 e. The molecule has 118 valence electrons. The van der Waals surface area contributed by atoms with Crippen LogP contribution in [0.4, 0.5) is 0 Å². The molecule has 0 aliphatic heterocycles. The molecular formula is C16H15N3O2S2. The molecule has 7 heteroatoms. The van der Waals surface area contributed by atoms with Gasteiger partial charge in [-0.25, -0.2) is 0 Å². The minimum Gasteiger partial charge on any atom is -0.382 e. The first-order valence-corrected chi connectivity index (χ1v) is 9.05. The third-order valence-corrected chi connectivity index (χ3v) is 5.83. The Bertz CT molecular complexity index is 842. The highest BCUT2D eigenvalue weighted by atomic mass is 32.1. The number of nitrogens with one attached hydrogen (secondary N) is 1. The van der Waals surface area contributed by atoms with E-state index in [1.54, 1.807) is 18.2 Å². The molecule has 1 atom stereocenters. The number of aliphatic hydroxyl groups is 1. The molecule has 1 saturated carbocycles. The molecule has 0 unspecified atom stereocenters. The number of thiophene rings is 1. The van der Waals surface area contributed by atoms with Crippen molar-refractivity contribution < 1.29 is 9.90 Å². The molecule has 1 aliphatic carbocycles. The van der Waals surface area contributed by atoms with E-state index >= 15 is 0 Å². The highest BCUT2D eigenvalue weighted by Crippen LogP contribution is 2.46. The zero-order valence-electron chi connectivity index (χ0n) is 12.2. The van der Waals surface area contributed by atoms with Crippen LogP contribution in [0.15, 0.2) is 35.7 Å². The van der Waals surface area contributed by atoms with Gasteiger partial charge in [-0.1, -0.05) is 6.07 Å². The Morgan fingerprint density at radius 1 is 1.30 bits per heavy atom. The third-order valence-electron chi connectivity index (χ3n) is 4.23. The van der Waals surface area contributed by atoms with E-state index in [2.05, 4.69) is 14.1 Å². The Balaban J connectivity index is 1.51. The zero-order valence-corrected chi connectivity index (χ0v) is 13.9. The molecule has 5 nitrogen and oxygen atoms in total. The van der Waals surface area contributed by atoms with Crippen molar-refractivity contribution in [2.24, 2.45) is 5.92 Å². The van der Waals surface area contributed by atoms with Crippen LogP contribution < -0.4 is 5.32 Å². The number of rotatable bonds is 5. The smallest absolute Gasteiger partial charge is 0.251 e. The number of fused-ring (bicyclic) bond motifs is 1. The quantitative estimate of drug-likeness (QED) is 0.746. The molecule has 0 saturated heterocycles. The standard InChI is InChI=1S/C16H15N3O2S2/c20-15(10-3-6-12-13(8-10)19-23-18-12)17-9-16(21,11-4-5-11)14-2-1-7-22-14/h1-3,6-8,11,21H,4-5,9H2,(H,17,20)/t16-/m1/s1. The number of carbonyl (C=O) groups is 1. The van der Waals surface area contributed by atoms with Crippen molar-refractivity contribution in [3.63, 3.8) is 0 Å². The summed E-state index contributed by atoms with van der Waals surface area (Å²) >= 11 is 2.66. The van der Waals surface area contributed by atoms with Crippen molar-refractivity contribution in [1.82, 2.24) is 14.1 Å². The number of benzene rings is 1. The van der Waals surface area contributed by atoms with Crippen molar-refractivity contribution in [2.75, 3.05) is 6.54 Å². The van der Waals surface area contributed by atoms with Gasteiger partial charge >= 0.3 is 0 Å². The van der Waals surface area contributed by atoms with Gasteiger partial charge in [0.15, 0.2) is 0 Å². The minimum absolute atomic E-state index is 0.199. The Morgan fingerprint density at radius 3 is 2.87 bits per heavy atom. The monoisotopic (exact) mass is 345 g/mol. The van der Waals surface area contributed by atoms with Crippen LogP contribution >= 0.6 is 23.1 Å². The maximum Gasteiger partial charge on any atom is 0.251 e. The first kappa shape index (κ1) is 14.7. The predicted molar refractivity (Wildman–Crippen MR) is 90.7 cm³/mol. The summed E-state index contributed by atoms with van der Waals surface area (Å²) in [6, 6.07) is 9.12. The summed E-state index contributed by atoms with van der Waals surface area (Å²) in [5, 5.41) is 15.9. The Hall–Kier alpha value is -1.83. The number of aromatic nitrogens is 2. The highest BCUT2D eigenvalue weighted by Gasteiger charge is 2.45.